The first-order chi connectivity index (χ1) is 16.0. The van der Waals surface area contributed by atoms with E-state index in [2.05, 4.69) is 16.8 Å². The van der Waals surface area contributed by atoms with Crippen LogP contribution in [0.2, 0.25) is 0 Å². The number of nitrogens with one attached hydrogen (secondary N) is 1. The van der Waals surface area contributed by atoms with E-state index < -0.39 is 11.9 Å². The van der Waals surface area contributed by atoms with Crippen LogP contribution in [-0.4, -0.2) is 54.0 Å². The second-order valence-corrected chi connectivity index (χ2v) is 9.54. The molecule has 3 aliphatic rings. The number of nitrogens with zero attached hydrogens (tertiary/aromatic N) is 2. The van der Waals surface area contributed by atoms with Crippen LogP contribution in [0.3, 0.4) is 0 Å². The Morgan fingerprint density at radius 1 is 1.30 bits per heavy atom. The van der Waals surface area contributed by atoms with E-state index in [1.165, 1.54) is 17.4 Å². The van der Waals surface area contributed by atoms with Crippen LogP contribution in [0.1, 0.15) is 40.6 Å². The monoisotopic (exact) mass is 473 g/mol. The number of amides is 2. The molecule has 176 valence electrons. The first-order valence-corrected chi connectivity index (χ1v) is 12.0. The highest BCUT2D eigenvalue weighted by Crippen LogP contribution is 2.35. The molecule has 1 aromatic heterocycles. The summed E-state index contributed by atoms with van der Waals surface area (Å²) in [6.07, 6.45) is 1.22. The van der Waals surface area contributed by atoms with Crippen LogP contribution < -0.4 is 10.1 Å². The highest BCUT2D eigenvalue weighted by molar-refractivity contribution is 7.10. The summed E-state index contributed by atoms with van der Waals surface area (Å²) in [7, 11) is 0. The van der Waals surface area contributed by atoms with Crippen molar-refractivity contribution >= 4 is 23.2 Å². The molecule has 1 N–H and O–H groups in total. The van der Waals surface area contributed by atoms with Crippen molar-refractivity contribution in [2.45, 2.75) is 38.6 Å². The Bertz CT molecular complexity index is 1100. The van der Waals surface area contributed by atoms with Crippen LogP contribution in [0, 0.1) is 5.82 Å². The molecule has 2 amide bonds. The number of halogens is 1. The van der Waals surface area contributed by atoms with Gasteiger partial charge in [-0.1, -0.05) is 12.6 Å². The third kappa shape index (κ3) is 4.53. The highest BCUT2D eigenvalue weighted by atomic mass is 32.1. The molecule has 0 spiro atoms. The molecular formula is C24H28FN3O4S. The number of piperidine rings is 1. The average molecular weight is 474 g/mol. The van der Waals surface area contributed by atoms with E-state index >= 15 is 0 Å². The van der Waals surface area contributed by atoms with Crippen molar-refractivity contribution in [1.82, 2.24) is 15.1 Å². The van der Waals surface area contributed by atoms with E-state index in [1.807, 2.05) is 6.07 Å². The number of hydrogen-bond acceptors (Lipinski definition) is 6. The van der Waals surface area contributed by atoms with Crippen molar-refractivity contribution < 1.29 is 24.9 Å². The van der Waals surface area contributed by atoms with Crippen LogP contribution in [0.25, 0.3) is 0 Å². The zero-order chi connectivity index (χ0) is 22.9. The number of ether oxygens (including phenoxy) is 2. The summed E-state index contributed by atoms with van der Waals surface area (Å²) in [4.78, 5) is 30.0. The van der Waals surface area contributed by atoms with E-state index in [0.717, 1.165) is 29.1 Å². The maximum absolute atomic E-state index is 14.7. The number of carbonyl (C=O) groups is 2. The van der Waals surface area contributed by atoms with Crippen LogP contribution in [0.4, 0.5) is 4.39 Å². The summed E-state index contributed by atoms with van der Waals surface area (Å²) in [6, 6.07) is 4.57. The predicted molar refractivity (Wildman–Crippen MR) is 123 cm³/mol. The van der Waals surface area contributed by atoms with Gasteiger partial charge in [0.05, 0.1) is 18.8 Å². The number of thiophene rings is 1. The van der Waals surface area contributed by atoms with Crippen LogP contribution in [0.15, 0.2) is 35.9 Å². The number of fused-ring (bicyclic) bond motifs is 1. The van der Waals surface area contributed by atoms with Crippen LogP contribution in [-0.2, 0) is 29.2 Å². The molecule has 3 aliphatic heterocycles. The standard InChI is InChI=1S/C24H26FN3O4S.H2/c1-15-2-4-20(23(29)26-15)28-12-17-18(24(28)30)14-33-22(17)13-32-21-5-3-16(10-19(21)25)11-27-6-8-31-9-7-27;/h3,5,10,14,20H,1-2,4,6-9,11-13H2,(H,26,29);1H/t20-;/m0./s1. The molecule has 0 bridgehead atoms. The second kappa shape index (κ2) is 9.24. The quantitative estimate of drug-likeness (QED) is 0.697. The smallest absolute Gasteiger partial charge is 0.256 e. The molecule has 33 heavy (non-hydrogen) atoms. The third-order valence-electron chi connectivity index (χ3n) is 6.36. The number of allylic oxidation sites excluding steroid dienone is 1. The molecule has 0 radical (unpaired) electrons. The van der Waals surface area contributed by atoms with Crippen molar-refractivity contribution in [1.29, 1.82) is 0 Å². The fraction of sp³-hybridized carbons (Fsp3) is 0.417. The van der Waals surface area contributed by atoms with Crippen molar-refractivity contribution in [3.63, 3.8) is 0 Å². The van der Waals surface area contributed by atoms with Crippen molar-refractivity contribution in [3.8, 4) is 5.75 Å². The van der Waals surface area contributed by atoms with Gasteiger partial charge >= 0.3 is 0 Å². The molecule has 2 fully saturated rings. The molecule has 0 saturated carbocycles. The van der Waals surface area contributed by atoms with Gasteiger partial charge in [0.2, 0.25) is 5.91 Å². The Hall–Kier alpha value is -2.75. The average Bonchev–Trinajstić information content (AvgIpc) is 3.34. The summed E-state index contributed by atoms with van der Waals surface area (Å²) >= 11 is 1.43. The van der Waals surface area contributed by atoms with Gasteiger partial charge in [0.1, 0.15) is 12.6 Å². The molecular weight excluding hydrogens is 445 g/mol. The molecule has 1 aromatic carbocycles. The zero-order valence-corrected chi connectivity index (χ0v) is 19.1. The Morgan fingerprint density at radius 3 is 2.88 bits per heavy atom. The fourth-order valence-corrected chi connectivity index (χ4v) is 5.47. The molecule has 5 rings (SSSR count). The number of hydrogen-bond donors (Lipinski definition) is 1. The predicted octanol–water partition coefficient (Wildman–Crippen LogP) is 3.29. The number of carbonyl (C=O) groups excluding carboxylic acids is 2. The minimum atomic E-state index is -0.495. The van der Waals surface area contributed by atoms with Gasteiger partial charge in [0.25, 0.3) is 5.91 Å². The summed E-state index contributed by atoms with van der Waals surface area (Å²) in [5, 5.41) is 4.55. The minimum Gasteiger partial charge on any atom is -0.485 e. The van der Waals surface area contributed by atoms with Gasteiger partial charge in [-0.2, -0.15) is 0 Å². The zero-order valence-electron chi connectivity index (χ0n) is 18.3. The summed E-state index contributed by atoms with van der Waals surface area (Å²) < 4.78 is 25.8. The van der Waals surface area contributed by atoms with Gasteiger partial charge < -0.3 is 19.7 Å². The summed E-state index contributed by atoms with van der Waals surface area (Å²) in [6.45, 7) is 8.11. The first kappa shape index (κ1) is 22.1. The molecule has 1 atom stereocenters. The first-order valence-electron chi connectivity index (χ1n) is 11.1. The van der Waals surface area contributed by atoms with E-state index in [-0.39, 0.29) is 25.6 Å². The normalized spacial score (nSPS) is 21.3. The minimum absolute atomic E-state index is 0. The third-order valence-corrected chi connectivity index (χ3v) is 7.37. The molecule has 2 aromatic rings. The van der Waals surface area contributed by atoms with Gasteiger partial charge in [-0.25, -0.2) is 4.39 Å². The topological polar surface area (TPSA) is 71.1 Å². The SMILES string of the molecule is C=C1CC[C@H](N2Cc3c(csc3COc3ccc(CN4CCOCC4)cc3F)C2=O)C(=O)N1.[HH]. The van der Waals surface area contributed by atoms with Crippen molar-refractivity contribution in [3.05, 3.63) is 63.2 Å². The van der Waals surface area contributed by atoms with Gasteiger partial charge in [0.15, 0.2) is 11.6 Å². The number of benzene rings is 1. The number of rotatable bonds is 6. The lowest BCUT2D eigenvalue weighted by Crippen LogP contribution is -2.49. The Kier molecular flexibility index (Phi) is 6.18. The largest absolute Gasteiger partial charge is 0.485 e. The van der Waals surface area contributed by atoms with Gasteiger partial charge in [-0.3, -0.25) is 14.5 Å². The van der Waals surface area contributed by atoms with Crippen LogP contribution in [0.5, 0.6) is 5.75 Å². The van der Waals surface area contributed by atoms with Crippen molar-refractivity contribution in [2.75, 3.05) is 26.3 Å². The Labute approximate surface area is 197 Å². The molecule has 7 nitrogen and oxygen atoms in total. The van der Waals surface area contributed by atoms with E-state index in [9.17, 15) is 14.0 Å². The summed E-state index contributed by atoms with van der Waals surface area (Å²) in [5.41, 5.74) is 3.06. The molecule has 0 aliphatic carbocycles. The Morgan fingerprint density at radius 2 is 2.12 bits per heavy atom. The van der Waals surface area contributed by atoms with Gasteiger partial charge in [-0.15, -0.1) is 11.3 Å². The molecule has 4 heterocycles. The Balaban J connectivity index is 0.00000274. The molecule has 2 saturated heterocycles. The second-order valence-electron chi connectivity index (χ2n) is 8.57. The van der Waals surface area contributed by atoms with Crippen LogP contribution >= 0.6 is 11.3 Å². The lowest BCUT2D eigenvalue weighted by Gasteiger charge is -2.31. The van der Waals surface area contributed by atoms with E-state index in [0.29, 0.717) is 50.4 Å². The lowest BCUT2D eigenvalue weighted by molar-refractivity contribution is -0.126. The highest BCUT2D eigenvalue weighted by Gasteiger charge is 2.39. The number of morpholine rings is 1. The van der Waals surface area contributed by atoms with E-state index in [4.69, 9.17) is 9.47 Å². The molecule has 0 unspecified atom stereocenters. The van der Waals surface area contributed by atoms with Gasteiger partial charge in [0, 0.05) is 49.1 Å². The lowest BCUT2D eigenvalue weighted by atomic mass is 10.0. The maximum atomic E-state index is 14.7. The van der Waals surface area contributed by atoms with Crippen molar-refractivity contribution in [2.24, 2.45) is 0 Å². The maximum Gasteiger partial charge on any atom is 0.256 e. The fourth-order valence-electron chi connectivity index (χ4n) is 4.53. The molecule has 9 heteroatoms. The van der Waals surface area contributed by atoms with E-state index in [1.54, 1.807) is 16.3 Å². The van der Waals surface area contributed by atoms with Gasteiger partial charge in [-0.05, 0) is 30.5 Å². The summed E-state index contributed by atoms with van der Waals surface area (Å²) in [5.74, 6) is -0.538.